The van der Waals surface area contributed by atoms with E-state index in [4.69, 9.17) is 5.73 Å². The molecule has 3 aromatic heterocycles. The second-order valence-corrected chi connectivity index (χ2v) is 9.30. The summed E-state index contributed by atoms with van der Waals surface area (Å²) in [7, 11) is 0. The molecule has 33 heavy (non-hydrogen) atoms. The van der Waals surface area contributed by atoms with Crippen LogP contribution in [0.5, 0.6) is 5.75 Å². The van der Waals surface area contributed by atoms with Crippen molar-refractivity contribution in [1.29, 1.82) is 0 Å². The zero-order valence-electron chi connectivity index (χ0n) is 17.8. The Morgan fingerprint density at radius 2 is 2.00 bits per heavy atom. The standard InChI is InChI=1S/C22H24F3N7O/c23-22(24,25)33-16-9-14(11-29-19(16)26)15-10-17-21(4-8-32(17)30-15)3-7-31(12-21)18(13-1-2-13)20-27-5-6-28-20/h5-6,9-11,13,18H,1-4,7-8,12H2,(H2,26,29)(H,27,28)/t18-,21+/m0/s1. The van der Waals surface area contributed by atoms with Gasteiger partial charge >= 0.3 is 6.36 Å². The summed E-state index contributed by atoms with van der Waals surface area (Å²) in [4.78, 5) is 14.3. The number of aromatic nitrogens is 5. The van der Waals surface area contributed by atoms with Crippen LogP contribution in [-0.4, -0.2) is 49.1 Å². The SMILES string of the molecule is Nc1ncc(-c2cc3n(n2)CC[C@@]32CCN([C@H](c3ncc[nH]3)C3CC3)C2)cc1OC(F)(F)F. The van der Waals surface area contributed by atoms with Gasteiger partial charge in [-0.25, -0.2) is 9.97 Å². The van der Waals surface area contributed by atoms with E-state index in [-0.39, 0.29) is 11.2 Å². The van der Waals surface area contributed by atoms with Crippen LogP contribution >= 0.6 is 0 Å². The highest BCUT2D eigenvalue weighted by atomic mass is 19.4. The molecule has 2 aliphatic heterocycles. The summed E-state index contributed by atoms with van der Waals surface area (Å²) in [6.07, 6.45) is 4.76. The number of imidazole rings is 1. The van der Waals surface area contributed by atoms with Gasteiger partial charge in [0, 0.05) is 48.4 Å². The van der Waals surface area contributed by atoms with Crippen molar-refractivity contribution < 1.29 is 17.9 Å². The summed E-state index contributed by atoms with van der Waals surface area (Å²) in [6, 6.07) is 3.54. The predicted molar refractivity (Wildman–Crippen MR) is 113 cm³/mol. The lowest BCUT2D eigenvalue weighted by atomic mass is 9.82. The summed E-state index contributed by atoms with van der Waals surface area (Å²) in [6.45, 7) is 2.68. The minimum atomic E-state index is -4.84. The molecule has 0 radical (unpaired) electrons. The maximum atomic E-state index is 12.7. The van der Waals surface area contributed by atoms with E-state index in [9.17, 15) is 13.2 Å². The Hall–Kier alpha value is -3.08. The van der Waals surface area contributed by atoms with Gasteiger partial charge in [0.1, 0.15) is 5.82 Å². The Morgan fingerprint density at radius 3 is 2.73 bits per heavy atom. The molecule has 0 amide bonds. The molecule has 6 rings (SSSR count). The molecule has 11 heteroatoms. The molecule has 0 aromatic carbocycles. The highest BCUT2D eigenvalue weighted by Gasteiger charge is 2.50. The number of halogens is 3. The van der Waals surface area contributed by atoms with Crippen molar-refractivity contribution in [3.63, 3.8) is 0 Å². The first kappa shape index (κ1) is 20.5. The quantitative estimate of drug-likeness (QED) is 0.605. The monoisotopic (exact) mass is 459 g/mol. The average Bonchev–Trinajstić information content (AvgIpc) is 3.16. The van der Waals surface area contributed by atoms with Gasteiger partial charge in [0.2, 0.25) is 0 Å². The molecule has 3 aliphatic rings. The minimum Gasteiger partial charge on any atom is -0.402 e. The van der Waals surface area contributed by atoms with Crippen LogP contribution < -0.4 is 10.5 Å². The fourth-order valence-corrected chi connectivity index (χ4v) is 5.51. The van der Waals surface area contributed by atoms with Crippen LogP contribution in [0.15, 0.2) is 30.7 Å². The molecule has 2 fully saturated rings. The van der Waals surface area contributed by atoms with E-state index in [2.05, 4.69) is 29.7 Å². The second-order valence-electron chi connectivity index (χ2n) is 9.30. The topological polar surface area (TPSA) is 97.9 Å². The average molecular weight is 459 g/mol. The molecule has 1 saturated carbocycles. The Balaban J connectivity index is 1.28. The minimum absolute atomic E-state index is 0.0163. The van der Waals surface area contributed by atoms with Gasteiger partial charge in [0.25, 0.3) is 0 Å². The summed E-state index contributed by atoms with van der Waals surface area (Å²) >= 11 is 0. The molecule has 1 aliphatic carbocycles. The third kappa shape index (κ3) is 3.64. The third-order valence-electron chi connectivity index (χ3n) is 7.17. The van der Waals surface area contributed by atoms with Crippen LogP contribution in [0.4, 0.5) is 19.0 Å². The number of fused-ring (bicyclic) bond motifs is 2. The van der Waals surface area contributed by atoms with Crippen LogP contribution in [0, 0.1) is 5.92 Å². The maximum Gasteiger partial charge on any atom is 0.573 e. The van der Waals surface area contributed by atoms with E-state index < -0.39 is 12.1 Å². The molecule has 0 unspecified atom stereocenters. The molecule has 174 valence electrons. The molecular formula is C22H24F3N7O. The van der Waals surface area contributed by atoms with E-state index in [1.807, 2.05) is 23.1 Å². The highest BCUT2D eigenvalue weighted by molar-refractivity contribution is 5.64. The maximum absolute atomic E-state index is 12.7. The summed E-state index contributed by atoms with van der Waals surface area (Å²) in [5, 5.41) is 4.68. The number of nitrogens with two attached hydrogens (primary N) is 1. The lowest BCUT2D eigenvalue weighted by molar-refractivity contribution is -0.274. The van der Waals surface area contributed by atoms with Crippen molar-refractivity contribution >= 4 is 5.82 Å². The molecule has 2 atom stereocenters. The van der Waals surface area contributed by atoms with Gasteiger partial charge in [0.15, 0.2) is 11.6 Å². The number of ether oxygens (including phenoxy) is 1. The first-order valence-electron chi connectivity index (χ1n) is 11.1. The Kier molecular flexibility index (Phi) is 4.48. The summed E-state index contributed by atoms with van der Waals surface area (Å²) in [5.41, 5.74) is 7.71. The number of nitrogen functional groups attached to an aromatic ring is 1. The zero-order valence-corrected chi connectivity index (χ0v) is 17.8. The fourth-order valence-electron chi connectivity index (χ4n) is 5.51. The zero-order chi connectivity index (χ0) is 22.8. The van der Waals surface area contributed by atoms with E-state index in [1.165, 1.54) is 25.1 Å². The molecule has 1 saturated heterocycles. The fraction of sp³-hybridized carbons (Fsp3) is 0.500. The van der Waals surface area contributed by atoms with Crippen LogP contribution in [0.25, 0.3) is 11.3 Å². The van der Waals surface area contributed by atoms with Crippen LogP contribution in [0.2, 0.25) is 0 Å². The van der Waals surface area contributed by atoms with Crippen molar-refractivity contribution in [3.05, 3.63) is 42.2 Å². The van der Waals surface area contributed by atoms with E-state index in [0.717, 1.165) is 44.0 Å². The number of anilines is 1. The van der Waals surface area contributed by atoms with Gasteiger partial charge in [-0.3, -0.25) is 9.58 Å². The van der Waals surface area contributed by atoms with E-state index >= 15 is 0 Å². The van der Waals surface area contributed by atoms with Crippen molar-refractivity contribution in [2.24, 2.45) is 5.92 Å². The van der Waals surface area contributed by atoms with Crippen LogP contribution in [0.3, 0.4) is 0 Å². The number of H-pyrrole nitrogens is 1. The normalized spacial score (nSPS) is 23.8. The number of alkyl halides is 3. The number of hydrogen-bond acceptors (Lipinski definition) is 6. The number of nitrogens with one attached hydrogen (secondary N) is 1. The number of aryl methyl sites for hydroxylation is 1. The number of likely N-dealkylation sites (tertiary alicyclic amines) is 1. The lowest BCUT2D eigenvalue weighted by Gasteiger charge is -2.29. The van der Waals surface area contributed by atoms with Crippen molar-refractivity contribution in [3.8, 4) is 17.0 Å². The van der Waals surface area contributed by atoms with E-state index in [0.29, 0.717) is 23.2 Å². The largest absolute Gasteiger partial charge is 0.573 e. The molecule has 3 N–H and O–H groups in total. The highest BCUT2D eigenvalue weighted by Crippen LogP contribution is 2.50. The third-order valence-corrected chi connectivity index (χ3v) is 7.17. The molecule has 8 nitrogen and oxygen atoms in total. The van der Waals surface area contributed by atoms with Crippen molar-refractivity contribution in [2.75, 3.05) is 18.8 Å². The summed E-state index contributed by atoms with van der Waals surface area (Å²) in [5.74, 6) is 0.850. The van der Waals surface area contributed by atoms with Gasteiger partial charge in [-0.15, -0.1) is 13.2 Å². The molecule has 0 bridgehead atoms. The second kappa shape index (κ2) is 7.21. The molecule has 5 heterocycles. The lowest BCUT2D eigenvalue weighted by Crippen LogP contribution is -2.33. The molecular weight excluding hydrogens is 435 g/mol. The Bertz CT molecular complexity index is 1170. The van der Waals surface area contributed by atoms with Gasteiger partial charge in [0.05, 0.1) is 11.7 Å². The number of aromatic amines is 1. The van der Waals surface area contributed by atoms with Crippen molar-refractivity contribution in [2.45, 2.75) is 50.0 Å². The number of nitrogens with zero attached hydrogens (tertiary/aromatic N) is 5. The molecule has 3 aromatic rings. The van der Waals surface area contributed by atoms with E-state index in [1.54, 1.807) is 0 Å². The number of pyridine rings is 1. The first-order valence-corrected chi connectivity index (χ1v) is 11.1. The van der Waals surface area contributed by atoms with Crippen LogP contribution in [0.1, 0.15) is 43.2 Å². The smallest absolute Gasteiger partial charge is 0.402 e. The Morgan fingerprint density at radius 1 is 1.18 bits per heavy atom. The van der Waals surface area contributed by atoms with Gasteiger partial charge in [-0.1, -0.05) is 0 Å². The van der Waals surface area contributed by atoms with Crippen LogP contribution in [-0.2, 0) is 12.0 Å². The van der Waals surface area contributed by atoms with Crippen molar-refractivity contribution in [1.82, 2.24) is 29.6 Å². The summed E-state index contributed by atoms with van der Waals surface area (Å²) < 4.78 is 44.2. The van der Waals surface area contributed by atoms with Gasteiger partial charge < -0.3 is 15.5 Å². The molecule has 1 spiro atoms. The predicted octanol–water partition coefficient (Wildman–Crippen LogP) is 3.65. The Labute approximate surface area is 188 Å². The van der Waals surface area contributed by atoms with Gasteiger partial charge in [-0.05, 0) is 50.3 Å². The number of hydrogen-bond donors (Lipinski definition) is 2. The van der Waals surface area contributed by atoms with Gasteiger partial charge in [-0.2, -0.15) is 5.10 Å². The first-order chi connectivity index (χ1) is 15.8. The number of rotatable bonds is 5.